The Balaban J connectivity index is 0.00000144. The monoisotopic (exact) mass is 304 g/mol. The van der Waals surface area contributed by atoms with E-state index in [0.717, 1.165) is 0 Å². The van der Waals surface area contributed by atoms with Crippen molar-refractivity contribution >= 4 is 23.5 Å². The zero-order chi connectivity index (χ0) is 11.1. The maximum absolute atomic E-state index is 2.18. The van der Waals surface area contributed by atoms with Gasteiger partial charge in [-0.3, -0.25) is 0 Å². The molecule has 0 amide bonds. The molecule has 0 aliphatic carbocycles. The van der Waals surface area contributed by atoms with Crippen molar-refractivity contribution in [3.8, 4) is 0 Å². The Morgan fingerprint density at radius 1 is 0.647 bits per heavy atom. The molecule has 3 heteroatoms. The molecule has 0 N–H and O–H groups in total. The molecule has 0 saturated heterocycles. The van der Waals surface area contributed by atoms with Crippen LogP contribution in [0.1, 0.15) is 12.8 Å². The largest absolute Gasteiger partial charge is 0.213 e. The van der Waals surface area contributed by atoms with Crippen LogP contribution >= 0.6 is 23.5 Å². The molecule has 0 radical (unpaired) electrons. The van der Waals surface area contributed by atoms with Crippen LogP contribution in [0.3, 0.4) is 0 Å². The molecule has 0 fully saturated rings. The Morgan fingerprint density at radius 2 is 1.00 bits per heavy atom. The topological polar surface area (TPSA) is 0 Å². The zero-order valence-corrected chi connectivity index (χ0v) is 12.4. The molecule has 0 aromatic heterocycles. The van der Waals surface area contributed by atoms with Crippen molar-refractivity contribution in [2.24, 2.45) is 0 Å². The standard InChI is InChI=1S/C14H16S2.Fe/c1-2-8-13(7-1)15-11-5-6-12-16-14-9-3-4-10-14;/h1-4,7-10H,5-6,11-12H2;/q-2;. The molecule has 0 atom stereocenters. The van der Waals surface area contributed by atoms with Crippen LogP contribution in [0, 0.1) is 0 Å². The van der Waals surface area contributed by atoms with E-state index in [2.05, 4.69) is 48.5 Å². The molecule has 2 rings (SSSR count). The zero-order valence-electron chi connectivity index (χ0n) is 9.62. The van der Waals surface area contributed by atoms with Gasteiger partial charge in [-0.1, -0.05) is 0 Å². The van der Waals surface area contributed by atoms with Gasteiger partial charge in [-0.05, 0) is 24.3 Å². The van der Waals surface area contributed by atoms with Gasteiger partial charge in [0.15, 0.2) is 0 Å². The first-order valence-electron chi connectivity index (χ1n) is 5.64. The molecule has 0 saturated carbocycles. The van der Waals surface area contributed by atoms with Crippen LogP contribution in [0.25, 0.3) is 0 Å². The van der Waals surface area contributed by atoms with Crippen LogP contribution in [0.5, 0.6) is 0 Å². The van der Waals surface area contributed by atoms with Crippen LogP contribution in [-0.4, -0.2) is 11.5 Å². The number of thioether (sulfide) groups is 2. The minimum absolute atomic E-state index is 0. The van der Waals surface area contributed by atoms with Crippen LogP contribution < -0.4 is 0 Å². The summed E-state index contributed by atoms with van der Waals surface area (Å²) in [7, 11) is 0. The number of rotatable bonds is 7. The van der Waals surface area contributed by atoms with E-state index in [4.69, 9.17) is 0 Å². The molecule has 2 aromatic carbocycles. The first-order valence-corrected chi connectivity index (χ1v) is 7.61. The molecule has 17 heavy (non-hydrogen) atoms. The predicted molar refractivity (Wildman–Crippen MR) is 74.8 cm³/mol. The quantitative estimate of drug-likeness (QED) is 0.312. The number of unbranched alkanes of at least 4 members (excludes halogenated alkanes) is 1. The first-order chi connectivity index (χ1) is 7.95. The molecule has 0 nitrogen and oxygen atoms in total. The maximum atomic E-state index is 2.18. The van der Waals surface area contributed by atoms with Gasteiger partial charge in [-0.15, -0.1) is 9.79 Å². The van der Waals surface area contributed by atoms with E-state index in [1.54, 1.807) is 0 Å². The van der Waals surface area contributed by atoms with Crippen LogP contribution in [0.4, 0.5) is 0 Å². The minimum Gasteiger partial charge on any atom is -0.213 e. The van der Waals surface area contributed by atoms with Gasteiger partial charge < -0.3 is 0 Å². The van der Waals surface area contributed by atoms with Crippen molar-refractivity contribution in [1.82, 2.24) is 0 Å². The molecule has 0 heterocycles. The Kier molecular flexibility index (Phi) is 7.87. The average Bonchev–Trinajstić information content (AvgIpc) is 2.96. The van der Waals surface area contributed by atoms with Crippen molar-refractivity contribution in [3.63, 3.8) is 0 Å². The molecule has 0 bridgehead atoms. The second-order valence-electron chi connectivity index (χ2n) is 3.65. The summed E-state index contributed by atoms with van der Waals surface area (Å²) in [6.07, 6.45) is 2.62. The van der Waals surface area contributed by atoms with Crippen molar-refractivity contribution in [2.45, 2.75) is 22.6 Å². The Hall–Kier alpha value is -0.0805. The van der Waals surface area contributed by atoms with E-state index >= 15 is 0 Å². The van der Waals surface area contributed by atoms with Crippen molar-refractivity contribution < 1.29 is 17.1 Å². The third-order valence-electron chi connectivity index (χ3n) is 2.34. The smallest absolute Gasteiger partial charge is 0 e. The SMILES string of the molecule is [Fe].c1cc[c-](SCCCCS[c-]2cccc2)c1. The van der Waals surface area contributed by atoms with E-state index in [1.165, 1.54) is 34.1 Å². The van der Waals surface area contributed by atoms with E-state index in [-0.39, 0.29) is 17.1 Å². The van der Waals surface area contributed by atoms with Gasteiger partial charge in [0, 0.05) is 17.1 Å². The summed E-state index contributed by atoms with van der Waals surface area (Å²) in [5.74, 6) is 2.48. The fourth-order valence-corrected chi connectivity index (χ4v) is 3.36. The first kappa shape index (κ1) is 15.0. The second kappa shape index (κ2) is 8.93. The fourth-order valence-electron chi connectivity index (χ4n) is 1.49. The molecule has 94 valence electrons. The normalized spacial score (nSPS) is 10.1. The third kappa shape index (κ3) is 5.87. The summed E-state index contributed by atoms with van der Waals surface area (Å²) in [5.41, 5.74) is 0. The predicted octanol–water partition coefficient (Wildman–Crippen LogP) is 4.79. The molecule has 0 aliphatic heterocycles. The third-order valence-corrected chi connectivity index (χ3v) is 4.54. The summed E-state index contributed by atoms with van der Waals surface area (Å²) in [4.78, 5) is 2.81. The Labute approximate surface area is 123 Å². The summed E-state index contributed by atoms with van der Waals surface area (Å²) in [6, 6.07) is 17.2. The summed E-state index contributed by atoms with van der Waals surface area (Å²) < 4.78 is 0. The second-order valence-corrected chi connectivity index (χ2v) is 5.98. The van der Waals surface area contributed by atoms with Crippen molar-refractivity contribution in [3.05, 3.63) is 48.5 Å². The molecule has 0 aliphatic rings. The number of hydrogen-bond acceptors (Lipinski definition) is 2. The summed E-state index contributed by atoms with van der Waals surface area (Å²) >= 11 is 3.93. The van der Waals surface area contributed by atoms with Gasteiger partial charge in [0.1, 0.15) is 0 Å². The van der Waals surface area contributed by atoms with E-state index in [0.29, 0.717) is 0 Å². The maximum Gasteiger partial charge on any atom is 0 e. The van der Waals surface area contributed by atoms with Gasteiger partial charge in [0.25, 0.3) is 0 Å². The van der Waals surface area contributed by atoms with E-state index in [9.17, 15) is 0 Å². The van der Waals surface area contributed by atoms with E-state index in [1.807, 2.05) is 23.5 Å². The van der Waals surface area contributed by atoms with E-state index < -0.39 is 0 Å². The minimum atomic E-state index is 0. The molecule has 2 aromatic rings. The summed E-state index contributed by atoms with van der Waals surface area (Å²) in [6.45, 7) is 0. The van der Waals surface area contributed by atoms with Crippen molar-refractivity contribution in [2.75, 3.05) is 11.5 Å². The van der Waals surface area contributed by atoms with Gasteiger partial charge >= 0.3 is 0 Å². The van der Waals surface area contributed by atoms with Crippen LogP contribution in [0.2, 0.25) is 0 Å². The van der Waals surface area contributed by atoms with Gasteiger partial charge in [0.2, 0.25) is 0 Å². The average molecular weight is 304 g/mol. The molecule has 0 spiro atoms. The Morgan fingerprint density at radius 3 is 1.35 bits per heavy atom. The molecular formula is C14H16FeS2-2. The van der Waals surface area contributed by atoms with Crippen LogP contribution in [-0.2, 0) is 17.1 Å². The molecular weight excluding hydrogens is 288 g/mol. The number of hydrogen-bond donors (Lipinski definition) is 0. The van der Waals surface area contributed by atoms with Gasteiger partial charge in [0.05, 0.1) is 0 Å². The molecule has 0 unspecified atom stereocenters. The van der Waals surface area contributed by atoms with Crippen LogP contribution in [0.15, 0.2) is 58.3 Å². The fraction of sp³-hybridized carbons (Fsp3) is 0.286. The summed E-state index contributed by atoms with van der Waals surface area (Å²) in [5, 5.41) is 0. The van der Waals surface area contributed by atoms with Gasteiger partial charge in [-0.2, -0.15) is 47.8 Å². The Bertz CT molecular complexity index is 327. The van der Waals surface area contributed by atoms with Crippen molar-refractivity contribution in [1.29, 1.82) is 0 Å². The van der Waals surface area contributed by atoms with Gasteiger partial charge in [-0.25, -0.2) is 24.3 Å².